The fraction of sp³-hybridized carbons (Fsp3) is 0.417. The van der Waals surface area contributed by atoms with Crippen LogP contribution in [0.15, 0.2) is 24.3 Å². The highest BCUT2D eigenvalue weighted by atomic mass is 35.5. The summed E-state index contributed by atoms with van der Waals surface area (Å²) in [5, 5.41) is 2.31. The predicted molar refractivity (Wildman–Crippen MR) is 64.5 cm³/mol. The van der Waals surface area contributed by atoms with E-state index in [4.69, 9.17) is 11.6 Å². The quantitative estimate of drug-likeness (QED) is 0.786. The summed E-state index contributed by atoms with van der Waals surface area (Å²) >= 11 is 5.70. The maximum Gasteiger partial charge on any atom is 0.242 e. The molecule has 1 atom stereocenters. The largest absolute Gasteiger partial charge is 0.325 e. The smallest absolute Gasteiger partial charge is 0.242 e. The lowest BCUT2D eigenvalue weighted by atomic mass is 10.0. The molecule has 15 heavy (non-hydrogen) atoms. The molecule has 0 aliphatic heterocycles. The summed E-state index contributed by atoms with van der Waals surface area (Å²) in [6, 6.07) is 7.78. The number of nitrogens with one attached hydrogen (secondary N) is 1. The molecule has 0 fully saturated rings. The summed E-state index contributed by atoms with van der Waals surface area (Å²) < 4.78 is 0. The summed E-state index contributed by atoms with van der Waals surface area (Å²) in [4.78, 5) is 11.4. The molecule has 0 spiro atoms. The number of anilines is 1. The van der Waals surface area contributed by atoms with Crippen molar-refractivity contribution in [2.45, 2.75) is 32.1 Å². The first-order valence-corrected chi connectivity index (χ1v) is 5.50. The second-order valence-electron chi connectivity index (χ2n) is 3.85. The van der Waals surface area contributed by atoms with Crippen LogP contribution in [0.4, 0.5) is 5.69 Å². The third-order valence-electron chi connectivity index (χ3n) is 2.20. The van der Waals surface area contributed by atoms with Gasteiger partial charge < -0.3 is 5.32 Å². The highest BCUT2D eigenvalue weighted by Gasteiger charge is 2.12. The highest BCUT2D eigenvalue weighted by molar-refractivity contribution is 6.32. The van der Waals surface area contributed by atoms with Gasteiger partial charge in [-0.25, -0.2) is 0 Å². The first kappa shape index (κ1) is 12.1. The number of benzene rings is 1. The molecule has 0 aliphatic carbocycles. The number of alkyl halides is 1. The molecule has 1 amide bonds. The van der Waals surface area contributed by atoms with E-state index >= 15 is 0 Å². The third kappa shape index (κ3) is 3.24. The number of halogens is 1. The Morgan fingerprint density at radius 2 is 1.87 bits per heavy atom. The summed E-state index contributed by atoms with van der Waals surface area (Å²) in [7, 11) is 0. The van der Waals surface area contributed by atoms with Crippen LogP contribution in [0.5, 0.6) is 0 Å². The van der Waals surface area contributed by atoms with Crippen LogP contribution in [0.3, 0.4) is 0 Å². The predicted octanol–water partition coefficient (Wildman–Crippen LogP) is 3.38. The van der Waals surface area contributed by atoms with E-state index in [2.05, 4.69) is 19.2 Å². The second kappa shape index (κ2) is 5.17. The Balaban J connectivity index is 2.89. The zero-order valence-corrected chi connectivity index (χ0v) is 10.0. The van der Waals surface area contributed by atoms with Crippen LogP contribution in [0.2, 0.25) is 0 Å². The van der Waals surface area contributed by atoms with Crippen molar-refractivity contribution in [2.75, 3.05) is 5.32 Å². The summed E-state index contributed by atoms with van der Waals surface area (Å²) in [5.41, 5.74) is 1.98. The zero-order chi connectivity index (χ0) is 11.4. The number of carbonyl (C=O) groups excluding carboxylic acids is 1. The fourth-order valence-corrected chi connectivity index (χ4v) is 1.40. The number of hydrogen-bond acceptors (Lipinski definition) is 1. The molecule has 1 rings (SSSR count). The molecule has 1 aromatic rings. The molecule has 82 valence electrons. The number of amides is 1. The number of rotatable bonds is 3. The molecule has 0 radical (unpaired) electrons. The zero-order valence-electron chi connectivity index (χ0n) is 9.25. The van der Waals surface area contributed by atoms with Gasteiger partial charge >= 0.3 is 0 Å². The first-order chi connectivity index (χ1) is 7.02. The van der Waals surface area contributed by atoms with Crippen molar-refractivity contribution in [3.63, 3.8) is 0 Å². The van der Waals surface area contributed by atoms with E-state index < -0.39 is 5.38 Å². The monoisotopic (exact) mass is 225 g/mol. The second-order valence-corrected chi connectivity index (χ2v) is 4.50. The van der Waals surface area contributed by atoms with Gasteiger partial charge in [-0.15, -0.1) is 11.6 Å². The van der Waals surface area contributed by atoms with E-state index in [1.54, 1.807) is 6.92 Å². The molecule has 0 aliphatic rings. The SMILES string of the molecule is CC(C)c1ccccc1NC(=O)[C@@H](C)Cl. The molecule has 0 heterocycles. The van der Waals surface area contributed by atoms with Crippen molar-refractivity contribution >= 4 is 23.2 Å². The van der Waals surface area contributed by atoms with Gasteiger partial charge in [-0.3, -0.25) is 4.79 Å². The van der Waals surface area contributed by atoms with Crippen molar-refractivity contribution in [2.24, 2.45) is 0 Å². The average Bonchev–Trinajstić information content (AvgIpc) is 2.18. The van der Waals surface area contributed by atoms with Gasteiger partial charge in [-0.1, -0.05) is 32.0 Å². The Labute approximate surface area is 95.6 Å². The Kier molecular flexibility index (Phi) is 4.15. The summed E-state index contributed by atoms with van der Waals surface area (Å²) in [5.74, 6) is 0.219. The number of hydrogen-bond donors (Lipinski definition) is 1. The molecular weight excluding hydrogens is 210 g/mol. The van der Waals surface area contributed by atoms with Gasteiger partial charge in [-0.05, 0) is 24.5 Å². The topological polar surface area (TPSA) is 29.1 Å². The molecule has 0 saturated heterocycles. The number of carbonyl (C=O) groups is 1. The minimum absolute atomic E-state index is 0.162. The van der Waals surface area contributed by atoms with E-state index in [1.807, 2.05) is 24.3 Å². The van der Waals surface area contributed by atoms with Crippen molar-refractivity contribution in [1.29, 1.82) is 0 Å². The van der Waals surface area contributed by atoms with Crippen LogP contribution in [0.25, 0.3) is 0 Å². The van der Waals surface area contributed by atoms with Gasteiger partial charge in [-0.2, -0.15) is 0 Å². The van der Waals surface area contributed by atoms with Crippen LogP contribution in [0, 0.1) is 0 Å². The minimum atomic E-state index is -0.509. The average molecular weight is 226 g/mol. The van der Waals surface area contributed by atoms with Gasteiger partial charge in [0.05, 0.1) is 0 Å². The standard InChI is InChI=1S/C12H16ClNO/c1-8(2)10-6-4-5-7-11(10)14-12(15)9(3)13/h4-9H,1-3H3,(H,14,15)/t9-/m1/s1. The molecule has 1 N–H and O–H groups in total. The van der Waals surface area contributed by atoms with E-state index in [0.717, 1.165) is 11.3 Å². The fourth-order valence-electron chi connectivity index (χ4n) is 1.35. The molecule has 1 aromatic carbocycles. The van der Waals surface area contributed by atoms with Crippen LogP contribution in [-0.2, 0) is 4.79 Å². The maximum absolute atomic E-state index is 11.4. The summed E-state index contributed by atoms with van der Waals surface area (Å²) in [6.07, 6.45) is 0. The maximum atomic E-state index is 11.4. The number of para-hydroxylation sites is 1. The molecule has 0 bridgehead atoms. The molecule has 2 nitrogen and oxygen atoms in total. The van der Waals surface area contributed by atoms with Crippen LogP contribution >= 0.6 is 11.6 Å². The highest BCUT2D eigenvalue weighted by Crippen LogP contribution is 2.23. The molecule has 3 heteroatoms. The Bertz CT molecular complexity index is 347. The summed E-state index contributed by atoms with van der Waals surface area (Å²) in [6.45, 7) is 5.85. The van der Waals surface area contributed by atoms with Crippen LogP contribution in [-0.4, -0.2) is 11.3 Å². The molecule has 0 unspecified atom stereocenters. The van der Waals surface area contributed by atoms with Crippen molar-refractivity contribution in [3.8, 4) is 0 Å². The van der Waals surface area contributed by atoms with Gasteiger partial charge in [0.2, 0.25) is 5.91 Å². The Hall–Kier alpha value is -1.02. The minimum Gasteiger partial charge on any atom is -0.325 e. The molecular formula is C12H16ClNO. The lowest BCUT2D eigenvalue weighted by Crippen LogP contribution is -2.21. The van der Waals surface area contributed by atoms with Gasteiger partial charge in [0.15, 0.2) is 0 Å². The lowest BCUT2D eigenvalue weighted by Gasteiger charge is -2.14. The normalized spacial score (nSPS) is 12.6. The van der Waals surface area contributed by atoms with Gasteiger partial charge in [0, 0.05) is 5.69 Å². The molecule has 0 saturated carbocycles. The first-order valence-electron chi connectivity index (χ1n) is 5.06. The van der Waals surface area contributed by atoms with Crippen molar-refractivity contribution < 1.29 is 4.79 Å². The van der Waals surface area contributed by atoms with Gasteiger partial charge in [0.1, 0.15) is 5.38 Å². The van der Waals surface area contributed by atoms with Crippen molar-refractivity contribution in [3.05, 3.63) is 29.8 Å². The van der Waals surface area contributed by atoms with E-state index in [0.29, 0.717) is 5.92 Å². The molecule has 0 aromatic heterocycles. The van der Waals surface area contributed by atoms with E-state index in [9.17, 15) is 4.79 Å². The van der Waals surface area contributed by atoms with Crippen LogP contribution in [0.1, 0.15) is 32.3 Å². The lowest BCUT2D eigenvalue weighted by molar-refractivity contribution is -0.115. The van der Waals surface area contributed by atoms with E-state index in [1.165, 1.54) is 0 Å². The van der Waals surface area contributed by atoms with Crippen molar-refractivity contribution in [1.82, 2.24) is 0 Å². The Morgan fingerprint density at radius 1 is 1.27 bits per heavy atom. The van der Waals surface area contributed by atoms with Gasteiger partial charge in [0.25, 0.3) is 0 Å². The van der Waals surface area contributed by atoms with Crippen LogP contribution < -0.4 is 5.32 Å². The third-order valence-corrected chi connectivity index (χ3v) is 2.40. The van der Waals surface area contributed by atoms with E-state index in [-0.39, 0.29) is 5.91 Å². The Morgan fingerprint density at radius 3 is 2.40 bits per heavy atom.